The molecular weight excluding hydrogens is 378 g/mol. The predicted octanol–water partition coefficient (Wildman–Crippen LogP) is 3.69. The van der Waals surface area contributed by atoms with Gasteiger partial charge in [-0.3, -0.25) is 9.59 Å². The topological polar surface area (TPSA) is 80.3 Å². The minimum atomic E-state index is -0.0883. The van der Waals surface area contributed by atoms with Crippen molar-refractivity contribution in [1.29, 1.82) is 0 Å². The van der Waals surface area contributed by atoms with Crippen molar-refractivity contribution in [1.82, 2.24) is 10.3 Å². The summed E-state index contributed by atoms with van der Waals surface area (Å²) in [5, 5.41) is 7.86. The van der Waals surface area contributed by atoms with E-state index in [9.17, 15) is 9.59 Å². The lowest BCUT2D eigenvalue weighted by Crippen LogP contribution is -2.48. The minimum absolute atomic E-state index is 0.0470. The number of hydrogen-bond acceptors (Lipinski definition) is 4. The van der Waals surface area contributed by atoms with Gasteiger partial charge in [-0.25, -0.2) is 4.98 Å². The monoisotopic (exact) mass is 401 g/mol. The number of ether oxygens (including phenoxy) is 1. The Morgan fingerprint density at radius 2 is 1.87 bits per heavy atom. The summed E-state index contributed by atoms with van der Waals surface area (Å²) < 4.78 is 5.16. The van der Waals surface area contributed by atoms with Crippen LogP contribution in [0.25, 0.3) is 21.9 Å². The molecule has 0 spiro atoms. The van der Waals surface area contributed by atoms with E-state index in [1.807, 2.05) is 49.4 Å². The molecule has 5 rings (SSSR count). The molecular formula is C24H23N3O3. The van der Waals surface area contributed by atoms with Crippen LogP contribution >= 0.6 is 0 Å². The number of fused-ring (bicyclic) bond motifs is 1. The number of rotatable bonds is 5. The lowest BCUT2D eigenvalue weighted by atomic mass is 9.95. The highest BCUT2D eigenvalue weighted by molar-refractivity contribution is 6.02. The van der Waals surface area contributed by atoms with Gasteiger partial charge in [0.25, 0.3) is 5.91 Å². The molecule has 1 aliphatic heterocycles. The number of aromatic nitrogens is 1. The molecule has 6 heteroatoms. The van der Waals surface area contributed by atoms with Crippen LogP contribution in [0.15, 0.2) is 48.7 Å². The molecule has 1 saturated carbocycles. The predicted molar refractivity (Wildman–Crippen MR) is 115 cm³/mol. The number of aryl methyl sites for hydroxylation is 1. The molecule has 0 atom stereocenters. The van der Waals surface area contributed by atoms with Crippen LogP contribution in [0.3, 0.4) is 0 Å². The Labute approximate surface area is 174 Å². The molecule has 1 saturated heterocycles. The van der Waals surface area contributed by atoms with E-state index in [0.29, 0.717) is 24.6 Å². The summed E-state index contributed by atoms with van der Waals surface area (Å²) in [5.74, 6) is 0.674. The maximum atomic E-state index is 12.8. The van der Waals surface area contributed by atoms with Crippen LogP contribution in [-0.2, 0) is 9.53 Å². The Hall–Kier alpha value is -3.25. The molecule has 2 heterocycles. The fourth-order valence-corrected chi connectivity index (χ4v) is 3.63. The van der Waals surface area contributed by atoms with E-state index >= 15 is 0 Å². The number of anilines is 1. The van der Waals surface area contributed by atoms with Gasteiger partial charge in [-0.15, -0.1) is 0 Å². The van der Waals surface area contributed by atoms with Gasteiger partial charge in [0.2, 0.25) is 5.91 Å². The molecule has 0 unspecified atom stereocenters. The minimum Gasteiger partial charge on any atom is -0.377 e. The summed E-state index contributed by atoms with van der Waals surface area (Å²) in [7, 11) is 0. The van der Waals surface area contributed by atoms with E-state index in [1.165, 1.54) is 0 Å². The summed E-state index contributed by atoms with van der Waals surface area (Å²) >= 11 is 0. The first-order valence-electron chi connectivity index (χ1n) is 10.3. The summed E-state index contributed by atoms with van der Waals surface area (Å²) in [5.41, 5.74) is 3.58. The van der Waals surface area contributed by atoms with Crippen LogP contribution in [0.2, 0.25) is 0 Å². The largest absolute Gasteiger partial charge is 0.377 e. The zero-order chi connectivity index (χ0) is 20.7. The first-order valence-corrected chi connectivity index (χ1v) is 10.3. The van der Waals surface area contributed by atoms with Crippen molar-refractivity contribution in [2.45, 2.75) is 25.8 Å². The number of carbonyl (C=O) groups excluding carboxylic acids is 2. The van der Waals surface area contributed by atoms with Gasteiger partial charge in [0, 0.05) is 23.1 Å². The highest BCUT2D eigenvalue weighted by Crippen LogP contribution is 2.31. The molecule has 1 aromatic heterocycles. The second-order valence-corrected chi connectivity index (χ2v) is 8.15. The third-order valence-corrected chi connectivity index (χ3v) is 5.63. The quantitative estimate of drug-likeness (QED) is 0.683. The Kier molecular flexibility index (Phi) is 4.71. The molecule has 2 aliphatic rings. The second-order valence-electron chi connectivity index (χ2n) is 8.15. The molecule has 1 aliphatic carbocycles. The van der Waals surface area contributed by atoms with Gasteiger partial charge in [-0.1, -0.05) is 29.8 Å². The fourth-order valence-electron chi connectivity index (χ4n) is 3.63. The summed E-state index contributed by atoms with van der Waals surface area (Å²) in [6.07, 6.45) is 3.69. The van der Waals surface area contributed by atoms with Crippen molar-refractivity contribution in [3.05, 3.63) is 59.8 Å². The van der Waals surface area contributed by atoms with Crippen LogP contribution in [0.5, 0.6) is 0 Å². The lowest BCUT2D eigenvalue weighted by Gasteiger charge is -2.27. The van der Waals surface area contributed by atoms with Gasteiger partial charge >= 0.3 is 0 Å². The van der Waals surface area contributed by atoms with Crippen molar-refractivity contribution >= 4 is 28.4 Å². The summed E-state index contributed by atoms with van der Waals surface area (Å²) in [6.45, 7) is 3.14. The van der Waals surface area contributed by atoms with Gasteiger partial charge < -0.3 is 15.4 Å². The van der Waals surface area contributed by atoms with Crippen molar-refractivity contribution in [2.24, 2.45) is 5.92 Å². The maximum absolute atomic E-state index is 12.8. The molecule has 0 bridgehead atoms. The standard InChI is InChI=1S/C24H23N3O3/c1-14-2-7-20(24(29)26-19-12-30-13-19)21(8-14)17-6-5-16-10-22(25-11-18(16)9-17)27-23(28)15-3-4-15/h2,5-11,15,19H,3-4,12-13H2,1H3,(H,26,29)(H,25,27,28). The Morgan fingerprint density at radius 1 is 1.03 bits per heavy atom. The molecule has 6 nitrogen and oxygen atoms in total. The highest BCUT2D eigenvalue weighted by Gasteiger charge is 2.29. The van der Waals surface area contributed by atoms with Gasteiger partial charge in [0.1, 0.15) is 5.82 Å². The molecule has 0 radical (unpaired) electrons. The second kappa shape index (κ2) is 7.54. The van der Waals surface area contributed by atoms with Gasteiger partial charge in [0.15, 0.2) is 0 Å². The Balaban J connectivity index is 1.45. The van der Waals surface area contributed by atoms with Crippen LogP contribution < -0.4 is 10.6 Å². The van der Waals surface area contributed by atoms with E-state index in [4.69, 9.17) is 4.74 Å². The van der Waals surface area contributed by atoms with Crippen LogP contribution in [-0.4, -0.2) is 36.1 Å². The van der Waals surface area contributed by atoms with Gasteiger partial charge in [-0.05, 0) is 54.5 Å². The first-order chi connectivity index (χ1) is 14.6. The molecule has 2 fully saturated rings. The van der Waals surface area contributed by atoms with E-state index < -0.39 is 0 Å². The average molecular weight is 401 g/mol. The summed E-state index contributed by atoms with van der Waals surface area (Å²) in [6, 6.07) is 13.9. The number of nitrogens with one attached hydrogen (secondary N) is 2. The van der Waals surface area contributed by atoms with E-state index in [2.05, 4.69) is 15.6 Å². The number of amides is 2. The molecule has 3 aromatic rings. The van der Waals surface area contributed by atoms with Crippen LogP contribution in [0.1, 0.15) is 28.8 Å². The number of nitrogens with zero attached hydrogens (tertiary/aromatic N) is 1. The Morgan fingerprint density at radius 3 is 2.60 bits per heavy atom. The zero-order valence-corrected chi connectivity index (χ0v) is 16.8. The normalized spacial score (nSPS) is 16.2. The van der Waals surface area contributed by atoms with Gasteiger partial charge in [-0.2, -0.15) is 0 Å². The van der Waals surface area contributed by atoms with Crippen molar-refractivity contribution in [3.63, 3.8) is 0 Å². The third kappa shape index (κ3) is 3.78. The van der Waals surface area contributed by atoms with E-state index in [0.717, 1.165) is 40.3 Å². The van der Waals surface area contributed by atoms with E-state index in [1.54, 1.807) is 6.20 Å². The lowest BCUT2D eigenvalue weighted by molar-refractivity contribution is -0.117. The molecule has 2 N–H and O–H groups in total. The smallest absolute Gasteiger partial charge is 0.252 e. The fraction of sp³-hybridized carbons (Fsp3) is 0.292. The third-order valence-electron chi connectivity index (χ3n) is 5.63. The molecule has 2 amide bonds. The van der Waals surface area contributed by atoms with Crippen molar-refractivity contribution in [2.75, 3.05) is 18.5 Å². The number of pyridine rings is 1. The van der Waals surface area contributed by atoms with E-state index in [-0.39, 0.29) is 23.8 Å². The number of hydrogen-bond donors (Lipinski definition) is 2. The molecule has 2 aromatic carbocycles. The average Bonchev–Trinajstić information content (AvgIpc) is 3.55. The SMILES string of the molecule is Cc1ccc(C(=O)NC2COC2)c(-c2ccc3cc(NC(=O)C4CC4)ncc3c2)c1. The highest BCUT2D eigenvalue weighted by atomic mass is 16.5. The molecule has 152 valence electrons. The van der Waals surface area contributed by atoms with Gasteiger partial charge in [0.05, 0.1) is 19.3 Å². The number of carbonyl (C=O) groups is 2. The van der Waals surface area contributed by atoms with Crippen LogP contribution in [0, 0.1) is 12.8 Å². The summed E-state index contributed by atoms with van der Waals surface area (Å²) in [4.78, 5) is 29.2. The van der Waals surface area contributed by atoms with Crippen molar-refractivity contribution < 1.29 is 14.3 Å². The maximum Gasteiger partial charge on any atom is 0.252 e. The Bertz CT molecular complexity index is 1150. The van der Waals surface area contributed by atoms with Crippen LogP contribution in [0.4, 0.5) is 5.82 Å². The zero-order valence-electron chi connectivity index (χ0n) is 16.8. The van der Waals surface area contributed by atoms with Crippen molar-refractivity contribution in [3.8, 4) is 11.1 Å². The number of benzene rings is 2. The molecule has 30 heavy (non-hydrogen) atoms. The first kappa shape index (κ1) is 18.8.